The molecule has 2 N–H and O–H groups in total. The molecule has 5 nitrogen and oxygen atoms in total. The quantitative estimate of drug-likeness (QED) is 0.901. The molecular formula is C19H19FN2O3. The van der Waals surface area contributed by atoms with Crippen LogP contribution < -0.4 is 5.32 Å². The van der Waals surface area contributed by atoms with E-state index < -0.39 is 5.82 Å². The average molecular weight is 342 g/mol. The maximum Gasteiger partial charge on any atom is 0.256 e. The Balaban J connectivity index is 1.56. The summed E-state index contributed by atoms with van der Waals surface area (Å²) >= 11 is 0. The van der Waals surface area contributed by atoms with E-state index in [0.717, 1.165) is 0 Å². The molecule has 0 saturated carbocycles. The summed E-state index contributed by atoms with van der Waals surface area (Å²) in [4.78, 5) is 26.2. The minimum atomic E-state index is -0.521. The molecule has 2 amide bonds. The maximum atomic E-state index is 13.7. The minimum absolute atomic E-state index is 0.0398. The number of hydrogen-bond acceptors (Lipinski definition) is 3. The Morgan fingerprint density at radius 2 is 1.80 bits per heavy atom. The number of piperidine rings is 1. The second-order valence-electron chi connectivity index (χ2n) is 6.07. The summed E-state index contributed by atoms with van der Waals surface area (Å²) in [5.74, 6) is -1.06. The van der Waals surface area contributed by atoms with Gasteiger partial charge < -0.3 is 15.3 Å². The molecule has 3 rings (SSSR count). The molecule has 0 bridgehead atoms. The molecule has 0 atom stereocenters. The predicted octanol–water partition coefficient (Wildman–Crippen LogP) is 2.57. The number of likely N-dealkylation sites (tertiary alicyclic amines) is 1. The summed E-state index contributed by atoms with van der Waals surface area (Å²) in [6, 6.07) is 12.0. The van der Waals surface area contributed by atoms with Gasteiger partial charge in [0.15, 0.2) is 0 Å². The largest absolute Gasteiger partial charge is 0.508 e. The van der Waals surface area contributed by atoms with Gasteiger partial charge in [-0.2, -0.15) is 0 Å². The summed E-state index contributed by atoms with van der Waals surface area (Å²) in [6.45, 7) is 0.913. The molecule has 6 heteroatoms. The molecule has 2 aromatic rings. The number of halogens is 1. The van der Waals surface area contributed by atoms with Gasteiger partial charge in [-0.15, -0.1) is 0 Å². The van der Waals surface area contributed by atoms with Crippen LogP contribution in [-0.4, -0.2) is 41.0 Å². The fourth-order valence-electron chi connectivity index (χ4n) is 2.95. The van der Waals surface area contributed by atoms with Crippen LogP contribution in [0.5, 0.6) is 5.75 Å². The lowest BCUT2D eigenvalue weighted by Gasteiger charge is -2.32. The van der Waals surface area contributed by atoms with Gasteiger partial charge in [0.25, 0.3) is 11.8 Å². The lowest BCUT2D eigenvalue weighted by molar-refractivity contribution is 0.0693. The van der Waals surface area contributed by atoms with Crippen LogP contribution in [0, 0.1) is 5.82 Å². The van der Waals surface area contributed by atoms with Crippen LogP contribution in [0.25, 0.3) is 0 Å². The fraction of sp³-hybridized carbons (Fsp3) is 0.263. The standard InChI is InChI=1S/C19H19FN2O3/c20-17-7-2-1-6-16(17)19(25)22-10-8-14(9-11-22)21-18(24)13-4-3-5-15(23)12-13/h1-7,12,14,23H,8-11H2,(H,21,24). The zero-order valence-electron chi connectivity index (χ0n) is 13.6. The van der Waals surface area contributed by atoms with Crippen molar-refractivity contribution in [3.05, 3.63) is 65.5 Å². The van der Waals surface area contributed by atoms with Gasteiger partial charge in [-0.25, -0.2) is 4.39 Å². The first kappa shape index (κ1) is 17.0. The van der Waals surface area contributed by atoms with E-state index in [-0.39, 0.29) is 29.2 Å². The number of nitrogens with zero attached hydrogens (tertiary/aromatic N) is 1. The number of phenolic OH excluding ortho intramolecular Hbond substituents is 1. The maximum absolute atomic E-state index is 13.7. The van der Waals surface area contributed by atoms with Crippen molar-refractivity contribution in [2.45, 2.75) is 18.9 Å². The summed E-state index contributed by atoms with van der Waals surface area (Å²) in [6.07, 6.45) is 1.20. The first-order valence-electron chi connectivity index (χ1n) is 8.18. The van der Waals surface area contributed by atoms with Gasteiger partial charge in [0.2, 0.25) is 0 Å². The number of phenols is 1. The number of hydrogen-bond donors (Lipinski definition) is 2. The van der Waals surface area contributed by atoms with Crippen molar-refractivity contribution < 1.29 is 19.1 Å². The Bertz CT molecular complexity index is 786. The second kappa shape index (κ2) is 7.34. The molecule has 1 aliphatic heterocycles. The van der Waals surface area contributed by atoms with Crippen molar-refractivity contribution in [1.29, 1.82) is 0 Å². The Morgan fingerprint density at radius 1 is 1.08 bits per heavy atom. The molecule has 1 aliphatic rings. The SMILES string of the molecule is O=C(NC1CCN(C(=O)c2ccccc2F)CC1)c1cccc(O)c1. The van der Waals surface area contributed by atoms with Crippen LogP contribution in [0.2, 0.25) is 0 Å². The number of carbonyl (C=O) groups excluding carboxylic acids is 2. The first-order valence-corrected chi connectivity index (χ1v) is 8.18. The van der Waals surface area contributed by atoms with E-state index in [1.54, 1.807) is 29.2 Å². The molecule has 130 valence electrons. The minimum Gasteiger partial charge on any atom is -0.508 e. The Kier molecular flexibility index (Phi) is 4.97. The normalized spacial score (nSPS) is 15.0. The number of nitrogens with one attached hydrogen (secondary N) is 1. The molecular weight excluding hydrogens is 323 g/mol. The van der Waals surface area contributed by atoms with Gasteiger partial charge in [-0.05, 0) is 43.2 Å². The van der Waals surface area contributed by atoms with Crippen molar-refractivity contribution in [2.24, 2.45) is 0 Å². The van der Waals surface area contributed by atoms with Crippen LogP contribution in [0.15, 0.2) is 48.5 Å². The number of aromatic hydroxyl groups is 1. The highest BCUT2D eigenvalue weighted by atomic mass is 19.1. The van der Waals surface area contributed by atoms with Crippen LogP contribution in [-0.2, 0) is 0 Å². The zero-order chi connectivity index (χ0) is 17.8. The first-order chi connectivity index (χ1) is 12.0. The Morgan fingerprint density at radius 3 is 2.48 bits per heavy atom. The molecule has 1 saturated heterocycles. The molecule has 1 fully saturated rings. The molecule has 2 aromatic carbocycles. The third-order valence-electron chi connectivity index (χ3n) is 4.33. The third-order valence-corrected chi connectivity index (χ3v) is 4.33. The topological polar surface area (TPSA) is 69.6 Å². The van der Waals surface area contributed by atoms with Crippen LogP contribution >= 0.6 is 0 Å². The van der Waals surface area contributed by atoms with Gasteiger partial charge in [0.05, 0.1) is 5.56 Å². The van der Waals surface area contributed by atoms with E-state index in [0.29, 0.717) is 31.5 Å². The van der Waals surface area contributed by atoms with E-state index in [1.807, 2.05) is 0 Å². The van der Waals surface area contributed by atoms with E-state index in [1.165, 1.54) is 24.3 Å². The monoisotopic (exact) mass is 342 g/mol. The van der Waals surface area contributed by atoms with Gasteiger partial charge in [-0.3, -0.25) is 9.59 Å². The number of amides is 2. The van der Waals surface area contributed by atoms with E-state index in [4.69, 9.17) is 0 Å². The number of benzene rings is 2. The van der Waals surface area contributed by atoms with Gasteiger partial charge in [0.1, 0.15) is 11.6 Å². The molecule has 0 radical (unpaired) electrons. The van der Waals surface area contributed by atoms with Crippen molar-refractivity contribution >= 4 is 11.8 Å². The smallest absolute Gasteiger partial charge is 0.256 e. The van der Waals surface area contributed by atoms with Crippen molar-refractivity contribution in [2.75, 3.05) is 13.1 Å². The number of rotatable bonds is 3. The lowest BCUT2D eigenvalue weighted by Crippen LogP contribution is -2.46. The predicted molar refractivity (Wildman–Crippen MR) is 90.9 cm³/mol. The van der Waals surface area contributed by atoms with Crippen molar-refractivity contribution in [1.82, 2.24) is 10.2 Å². The van der Waals surface area contributed by atoms with Crippen molar-refractivity contribution in [3.8, 4) is 5.75 Å². The summed E-state index contributed by atoms with van der Waals surface area (Å²) < 4.78 is 13.7. The van der Waals surface area contributed by atoms with Crippen LogP contribution in [0.1, 0.15) is 33.6 Å². The third kappa shape index (κ3) is 3.96. The summed E-state index contributed by atoms with van der Waals surface area (Å²) in [5.41, 5.74) is 0.467. The summed E-state index contributed by atoms with van der Waals surface area (Å²) in [7, 11) is 0. The van der Waals surface area contributed by atoms with Crippen LogP contribution in [0.4, 0.5) is 4.39 Å². The van der Waals surface area contributed by atoms with Crippen molar-refractivity contribution in [3.63, 3.8) is 0 Å². The molecule has 0 unspecified atom stereocenters. The van der Waals surface area contributed by atoms with Gasteiger partial charge >= 0.3 is 0 Å². The molecule has 1 heterocycles. The highest BCUT2D eigenvalue weighted by Crippen LogP contribution is 2.17. The lowest BCUT2D eigenvalue weighted by atomic mass is 10.0. The molecule has 25 heavy (non-hydrogen) atoms. The molecule has 0 aromatic heterocycles. The Labute approximate surface area is 145 Å². The second-order valence-corrected chi connectivity index (χ2v) is 6.07. The highest BCUT2D eigenvalue weighted by Gasteiger charge is 2.26. The van der Waals surface area contributed by atoms with Crippen LogP contribution in [0.3, 0.4) is 0 Å². The average Bonchev–Trinajstić information content (AvgIpc) is 2.62. The van der Waals surface area contributed by atoms with Gasteiger partial charge in [0, 0.05) is 24.7 Å². The molecule has 0 spiro atoms. The summed E-state index contributed by atoms with van der Waals surface area (Å²) in [5, 5.41) is 12.4. The zero-order valence-corrected chi connectivity index (χ0v) is 13.6. The fourth-order valence-corrected chi connectivity index (χ4v) is 2.95. The number of carbonyl (C=O) groups is 2. The van der Waals surface area contributed by atoms with E-state index in [2.05, 4.69) is 5.32 Å². The van der Waals surface area contributed by atoms with E-state index >= 15 is 0 Å². The van der Waals surface area contributed by atoms with E-state index in [9.17, 15) is 19.1 Å². The highest BCUT2D eigenvalue weighted by molar-refractivity contribution is 5.95. The van der Waals surface area contributed by atoms with Gasteiger partial charge in [-0.1, -0.05) is 18.2 Å². The molecule has 0 aliphatic carbocycles. The Hall–Kier alpha value is -2.89.